The van der Waals surface area contributed by atoms with Crippen molar-refractivity contribution in [1.29, 1.82) is 0 Å². The van der Waals surface area contributed by atoms with Crippen molar-refractivity contribution in [2.45, 2.75) is 25.4 Å². The second kappa shape index (κ2) is 6.91. The highest BCUT2D eigenvalue weighted by Crippen LogP contribution is 2.47. The lowest BCUT2D eigenvalue weighted by atomic mass is 10.3. The Morgan fingerprint density at radius 2 is 2.33 bits per heavy atom. The van der Waals surface area contributed by atoms with Crippen molar-refractivity contribution < 1.29 is 19.1 Å². The summed E-state index contributed by atoms with van der Waals surface area (Å²) in [6.07, 6.45) is 3.62. The molecular weight excluding hydrogens is 270 g/mol. The van der Waals surface area contributed by atoms with E-state index >= 15 is 0 Å². The topological polar surface area (TPSA) is 62.9 Å². The minimum Gasteiger partial charge on any atom is -0.461 e. The first-order valence-electron chi connectivity index (χ1n) is 7.21. The predicted octanol–water partition coefficient (Wildman–Crippen LogP) is 1.88. The average molecular weight is 293 g/mol. The lowest BCUT2D eigenvalue weighted by Gasteiger charge is -2.18. The van der Waals surface area contributed by atoms with Gasteiger partial charge in [-0.05, 0) is 30.5 Å². The first-order valence-corrected chi connectivity index (χ1v) is 7.21. The number of nitrogens with zero attached hydrogens (tertiary/aromatic N) is 1. The minimum atomic E-state index is -0.677. The van der Waals surface area contributed by atoms with Crippen LogP contribution in [0, 0.1) is 5.92 Å². The van der Waals surface area contributed by atoms with Crippen LogP contribution in [-0.4, -0.2) is 49.3 Å². The van der Waals surface area contributed by atoms with E-state index in [0.29, 0.717) is 17.6 Å². The molecule has 1 N–H and O–H groups in total. The van der Waals surface area contributed by atoms with Crippen molar-refractivity contribution in [1.82, 2.24) is 4.90 Å². The van der Waals surface area contributed by atoms with E-state index in [1.54, 1.807) is 13.1 Å². The Labute approximate surface area is 125 Å². The molecule has 1 aromatic heterocycles. The van der Waals surface area contributed by atoms with E-state index in [4.69, 9.17) is 9.15 Å². The van der Waals surface area contributed by atoms with Gasteiger partial charge in [0.2, 0.25) is 5.91 Å². The van der Waals surface area contributed by atoms with Crippen LogP contribution in [0.5, 0.6) is 0 Å². The standard InChI is InChI=1S/C16H23NO4/c1-11-8-14(11)15-6-4-13(21-15)5-7-16(19)17(2)9-12(18)10-20-3/h4-7,11-12,14,18H,8-10H2,1-3H3. The SMILES string of the molecule is COCC(O)CN(C)C(=O)C=Cc1ccc(C2CC2C)o1. The van der Waals surface area contributed by atoms with Gasteiger partial charge < -0.3 is 19.2 Å². The van der Waals surface area contributed by atoms with Gasteiger partial charge in [-0.2, -0.15) is 0 Å². The van der Waals surface area contributed by atoms with Crippen LogP contribution in [0.2, 0.25) is 0 Å². The molecule has 0 aromatic carbocycles. The number of aliphatic hydroxyl groups excluding tert-OH is 1. The monoisotopic (exact) mass is 293 g/mol. The van der Waals surface area contributed by atoms with Gasteiger partial charge in [0.15, 0.2) is 0 Å². The molecule has 5 nitrogen and oxygen atoms in total. The Balaban J connectivity index is 1.85. The van der Waals surface area contributed by atoms with Crippen LogP contribution in [0.15, 0.2) is 22.6 Å². The first-order chi connectivity index (χ1) is 10.0. The van der Waals surface area contributed by atoms with Gasteiger partial charge in [-0.1, -0.05) is 6.92 Å². The summed E-state index contributed by atoms with van der Waals surface area (Å²) in [5, 5.41) is 9.59. The number of hydrogen-bond donors (Lipinski definition) is 1. The van der Waals surface area contributed by atoms with Gasteiger partial charge in [-0.15, -0.1) is 0 Å². The molecule has 2 rings (SSSR count). The summed E-state index contributed by atoms with van der Waals surface area (Å²) < 4.78 is 10.5. The van der Waals surface area contributed by atoms with Crippen molar-refractivity contribution in [2.24, 2.45) is 5.92 Å². The number of furan rings is 1. The highest BCUT2D eigenvalue weighted by Gasteiger charge is 2.36. The molecule has 0 bridgehead atoms. The second-order valence-electron chi connectivity index (χ2n) is 5.72. The van der Waals surface area contributed by atoms with Gasteiger partial charge in [0.1, 0.15) is 11.5 Å². The maximum atomic E-state index is 11.9. The number of carbonyl (C=O) groups is 1. The highest BCUT2D eigenvalue weighted by molar-refractivity contribution is 5.91. The average Bonchev–Trinajstić information content (AvgIpc) is 2.99. The van der Waals surface area contributed by atoms with E-state index in [0.717, 1.165) is 5.76 Å². The quantitative estimate of drug-likeness (QED) is 0.780. The number of methoxy groups -OCH3 is 1. The first kappa shape index (κ1) is 15.8. The van der Waals surface area contributed by atoms with Gasteiger partial charge in [-0.25, -0.2) is 0 Å². The van der Waals surface area contributed by atoms with Gasteiger partial charge in [0.05, 0.1) is 12.7 Å². The molecule has 1 aliphatic rings. The molecule has 1 aliphatic carbocycles. The fourth-order valence-corrected chi connectivity index (χ4v) is 2.31. The van der Waals surface area contributed by atoms with Crippen molar-refractivity contribution in [3.05, 3.63) is 29.7 Å². The van der Waals surface area contributed by atoms with Crippen molar-refractivity contribution in [3.63, 3.8) is 0 Å². The molecule has 1 amide bonds. The number of rotatable bonds is 7. The van der Waals surface area contributed by atoms with Crippen LogP contribution in [-0.2, 0) is 9.53 Å². The molecule has 1 heterocycles. The van der Waals surface area contributed by atoms with E-state index in [9.17, 15) is 9.90 Å². The molecule has 0 aliphatic heterocycles. The molecule has 1 saturated carbocycles. The van der Waals surface area contributed by atoms with Crippen LogP contribution < -0.4 is 0 Å². The lowest BCUT2D eigenvalue weighted by Crippen LogP contribution is -2.35. The fourth-order valence-electron chi connectivity index (χ4n) is 2.31. The zero-order valence-corrected chi connectivity index (χ0v) is 12.8. The van der Waals surface area contributed by atoms with Crippen LogP contribution in [0.1, 0.15) is 30.8 Å². The van der Waals surface area contributed by atoms with Crippen LogP contribution in [0.4, 0.5) is 0 Å². The second-order valence-corrected chi connectivity index (χ2v) is 5.72. The lowest BCUT2D eigenvalue weighted by molar-refractivity contribution is -0.126. The molecule has 116 valence electrons. The molecular formula is C16H23NO4. The smallest absolute Gasteiger partial charge is 0.246 e. The molecule has 0 saturated heterocycles. The van der Waals surface area contributed by atoms with Gasteiger partial charge in [0.25, 0.3) is 0 Å². The third-order valence-corrected chi connectivity index (χ3v) is 3.73. The Bertz CT molecular complexity index is 508. The van der Waals surface area contributed by atoms with Crippen molar-refractivity contribution in [2.75, 3.05) is 27.3 Å². The van der Waals surface area contributed by atoms with E-state index in [1.165, 1.54) is 24.5 Å². The molecule has 0 spiro atoms. The summed E-state index contributed by atoms with van der Waals surface area (Å²) in [5.41, 5.74) is 0. The Hall–Kier alpha value is -1.59. The number of hydrogen-bond acceptors (Lipinski definition) is 4. The Kier molecular flexibility index (Phi) is 5.20. The van der Waals surface area contributed by atoms with Crippen LogP contribution in [0.3, 0.4) is 0 Å². The maximum absolute atomic E-state index is 11.9. The summed E-state index contributed by atoms with van der Waals surface area (Å²) in [7, 11) is 3.16. The molecule has 5 heteroatoms. The third kappa shape index (κ3) is 4.44. The van der Waals surface area contributed by atoms with Crippen LogP contribution >= 0.6 is 0 Å². The van der Waals surface area contributed by atoms with E-state index < -0.39 is 6.10 Å². The normalized spacial score (nSPS) is 22.5. The molecule has 0 radical (unpaired) electrons. The Morgan fingerprint density at radius 1 is 1.62 bits per heavy atom. The molecule has 1 aromatic rings. The maximum Gasteiger partial charge on any atom is 0.246 e. The number of aliphatic hydroxyl groups is 1. The molecule has 3 unspecified atom stereocenters. The number of carbonyl (C=O) groups excluding carboxylic acids is 1. The van der Waals surface area contributed by atoms with E-state index in [1.807, 2.05) is 12.1 Å². The van der Waals surface area contributed by atoms with E-state index in [-0.39, 0.29) is 19.1 Å². The molecule has 21 heavy (non-hydrogen) atoms. The summed E-state index contributed by atoms with van der Waals surface area (Å²) in [6, 6.07) is 3.86. The summed E-state index contributed by atoms with van der Waals surface area (Å²) >= 11 is 0. The minimum absolute atomic E-state index is 0.178. The fraction of sp³-hybridized carbons (Fsp3) is 0.562. The zero-order valence-electron chi connectivity index (χ0n) is 12.8. The predicted molar refractivity (Wildman–Crippen MR) is 79.8 cm³/mol. The van der Waals surface area contributed by atoms with Gasteiger partial charge >= 0.3 is 0 Å². The molecule has 1 fully saturated rings. The van der Waals surface area contributed by atoms with Crippen molar-refractivity contribution >= 4 is 12.0 Å². The van der Waals surface area contributed by atoms with Crippen LogP contribution in [0.25, 0.3) is 6.08 Å². The number of likely N-dealkylation sites (N-methyl/N-ethyl adjacent to an activating group) is 1. The largest absolute Gasteiger partial charge is 0.461 e. The van der Waals surface area contributed by atoms with Crippen molar-refractivity contribution in [3.8, 4) is 0 Å². The molecule has 3 atom stereocenters. The number of ether oxygens (including phenoxy) is 1. The van der Waals surface area contributed by atoms with Gasteiger partial charge in [0, 0.05) is 32.7 Å². The number of amides is 1. The third-order valence-electron chi connectivity index (χ3n) is 3.73. The summed E-state index contributed by atoms with van der Waals surface area (Å²) in [5.74, 6) is 2.74. The van der Waals surface area contributed by atoms with Gasteiger partial charge in [-0.3, -0.25) is 4.79 Å². The Morgan fingerprint density at radius 3 is 2.95 bits per heavy atom. The highest BCUT2D eigenvalue weighted by atomic mass is 16.5. The zero-order chi connectivity index (χ0) is 15.4. The van der Waals surface area contributed by atoms with E-state index in [2.05, 4.69) is 6.92 Å². The summed E-state index contributed by atoms with van der Waals surface area (Å²) in [6.45, 7) is 2.65. The summed E-state index contributed by atoms with van der Waals surface area (Å²) in [4.78, 5) is 13.4.